The van der Waals surface area contributed by atoms with Crippen molar-refractivity contribution in [2.24, 2.45) is 0 Å². The Hall–Kier alpha value is -2.72. The molecule has 0 amide bonds. The quantitative estimate of drug-likeness (QED) is 0.667. The molecule has 1 aliphatic heterocycles. The number of thiophene rings is 1. The summed E-state index contributed by atoms with van der Waals surface area (Å²) in [5, 5.41) is 10.8. The Morgan fingerprint density at radius 2 is 1.75 bits per heavy atom. The molecule has 28 heavy (non-hydrogen) atoms. The van der Waals surface area contributed by atoms with E-state index in [1.165, 1.54) is 29.0 Å². The molecule has 0 unspecified atom stereocenters. The lowest BCUT2D eigenvalue weighted by Gasteiger charge is -2.37. The normalized spacial score (nSPS) is 16.9. The lowest BCUT2D eigenvalue weighted by molar-refractivity contribution is 0.631. The molecule has 4 heterocycles. The number of nitrogens with zero attached hydrogens (tertiary/aromatic N) is 6. The second-order valence-electron chi connectivity index (χ2n) is 7.53. The molecule has 0 saturated carbocycles. The van der Waals surface area contributed by atoms with Crippen molar-refractivity contribution < 1.29 is 0 Å². The maximum absolute atomic E-state index is 9.66. The molecule has 2 aliphatic rings. The van der Waals surface area contributed by atoms with Gasteiger partial charge < -0.3 is 9.80 Å². The summed E-state index contributed by atoms with van der Waals surface area (Å²) in [5.74, 6) is 1.88. The fourth-order valence-corrected chi connectivity index (χ4v) is 5.13. The topological polar surface area (TPSA) is 68.9 Å². The summed E-state index contributed by atoms with van der Waals surface area (Å²) < 4.78 is 0. The van der Waals surface area contributed by atoms with Crippen LogP contribution in [0.3, 0.4) is 0 Å². The molecule has 1 fully saturated rings. The van der Waals surface area contributed by atoms with E-state index >= 15 is 0 Å². The van der Waals surface area contributed by atoms with Crippen LogP contribution in [0.15, 0.2) is 18.5 Å². The third-order valence-electron chi connectivity index (χ3n) is 5.71. The summed E-state index contributed by atoms with van der Waals surface area (Å²) in [6.07, 6.45) is 6.15. The highest BCUT2D eigenvalue weighted by Crippen LogP contribution is 2.31. The van der Waals surface area contributed by atoms with Gasteiger partial charge in [-0.1, -0.05) is 0 Å². The highest BCUT2D eigenvalue weighted by molar-refractivity contribution is 7.18. The van der Waals surface area contributed by atoms with Crippen LogP contribution in [0.1, 0.15) is 34.5 Å². The van der Waals surface area contributed by atoms with Crippen LogP contribution in [-0.4, -0.2) is 41.1 Å². The largest absolute Gasteiger partial charge is 0.352 e. The number of aromatic nitrogens is 3. The number of anilines is 2. The fourth-order valence-electron chi connectivity index (χ4n) is 4.29. The minimum Gasteiger partial charge on any atom is -0.352 e. The van der Waals surface area contributed by atoms with Crippen LogP contribution in [0.2, 0.25) is 0 Å². The Morgan fingerprint density at radius 1 is 1.00 bits per heavy atom. The summed E-state index contributed by atoms with van der Waals surface area (Å²) in [7, 11) is 0. The third kappa shape index (κ3) is 2.98. The first kappa shape index (κ1) is 17.4. The van der Waals surface area contributed by atoms with Crippen molar-refractivity contribution in [1.82, 2.24) is 15.0 Å². The molecule has 5 rings (SSSR count). The minimum absolute atomic E-state index is 0.715. The van der Waals surface area contributed by atoms with Gasteiger partial charge >= 0.3 is 0 Å². The van der Waals surface area contributed by atoms with Gasteiger partial charge in [0, 0.05) is 36.8 Å². The molecule has 0 aromatic carbocycles. The minimum atomic E-state index is 0.715. The number of piperazine rings is 1. The van der Waals surface area contributed by atoms with Gasteiger partial charge in [-0.3, -0.25) is 0 Å². The average Bonchev–Trinajstić information content (AvgIpc) is 3.13. The molecular formula is C21H22N6S. The van der Waals surface area contributed by atoms with Gasteiger partial charge in [-0.15, -0.1) is 11.3 Å². The van der Waals surface area contributed by atoms with E-state index < -0.39 is 0 Å². The Kier molecular flexibility index (Phi) is 4.36. The fraction of sp³-hybridized carbons (Fsp3) is 0.429. The molecule has 0 radical (unpaired) electrons. The zero-order valence-corrected chi connectivity index (χ0v) is 16.8. The molecule has 3 aromatic heterocycles. The van der Waals surface area contributed by atoms with Crippen molar-refractivity contribution in [3.05, 3.63) is 40.2 Å². The zero-order chi connectivity index (χ0) is 19.1. The SMILES string of the molecule is Cc1cc2c(N3CCN(c4nc5c(cc4C#N)CCCC5)CC3)ncnc2s1. The summed E-state index contributed by atoms with van der Waals surface area (Å²) in [5.41, 5.74) is 3.17. The summed E-state index contributed by atoms with van der Waals surface area (Å²) in [6.45, 7) is 5.53. The van der Waals surface area contributed by atoms with Gasteiger partial charge in [0.2, 0.25) is 0 Å². The van der Waals surface area contributed by atoms with E-state index in [9.17, 15) is 5.26 Å². The number of aryl methyl sites for hydroxylation is 3. The smallest absolute Gasteiger partial charge is 0.146 e. The van der Waals surface area contributed by atoms with Crippen molar-refractivity contribution in [3.63, 3.8) is 0 Å². The molecular weight excluding hydrogens is 368 g/mol. The zero-order valence-electron chi connectivity index (χ0n) is 16.0. The third-order valence-corrected chi connectivity index (χ3v) is 6.67. The Bertz CT molecular complexity index is 1070. The molecule has 7 heteroatoms. The molecule has 0 N–H and O–H groups in total. The van der Waals surface area contributed by atoms with E-state index in [0.717, 1.165) is 60.9 Å². The first-order chi connectivity index (χ1) is 13.7. The second kappa shape index (κ2) is 7.02. The first-order valence-electron chi connectivity index (χ1n) is 9.87. The van der Waals surface area contributed by atoms with E-state index in [1.54, 1.807) is 17.7 Å². The Labute approximate surface area is 168 Å². The van der Waals surface area contributed by atoms with Crippen LogP contribution in [0, 0.1) is 18.3 Å². The van der Waals surface area contributed by atoms with E-state index in [1.807, 2.05) is 0 Å². The molecule has 3 aromatic rings. The second-order valence-corrected chi connectivity index (χ2v) is 8.77. The molecule has 6 nitrogen and oxygen atoms in total. The molecule has 0 atom stereocenters. The molecule has 0 bridgehead atoms. The van der Waals surface area contributed by atoms with Crippen molar-refractivity contribution >= 4 is 33.2 Å². The summed E-state index contributed by atoms with van der Waals surface area (Å²) in [4.78, 5) is 20.8. The maximum Gasteiger partial charge on any atom is 0.146 e. The van der Waals surface area contributed by atoms with Crippen LogP contribution in [0.25, 0.3) is 10.2 Å². The van der Waals surface area contributed by atoms with Gasteiger partial charge in [0.25, 0.3) is 0 Å². The number of nitriles is 1. The average molecular weight is 391 g/mol. The number of rotatable bonds is 2. The standard InChI is InChI=1S/C21H22N6S/c1-14-10-17-20(23-13-24-21(17)28-14)27-8-6-26(7-9-27)19-16(12-22)11-15-4-2-3-5-18(15)25-19/h10-11,13H,2-9H2,1H3. The highest BCUT2D eigenvalue weighted by atomic mass is 32.1. The van der Waals surface area contributed by atoms with E-state index in [4.69, 9.17) is 4.98 Å². The van der Waals surface area contributed by atoms with Gasteiger partial charge in [-0.25, -0.2) is 15.0 Å². The summed E-state index contributed by atoms with van der Waals surface area (Å²) >= 11 is 1.71. The van der Waals surface area contributed by atoms with Gasteiger partial charge in [0.05, 0.1) is 10.9 Å². The van der Waals surface area contributed by atoms with E-state index in [-0.39, 0.29) is 0 Å². The molecule has 142 valence electrons. The van der Waals surface area contributed by atoms with Crippen LogP contribution < -0.4 is 9.80 Å². The highest BCUT2D eigenvalue weighted by Gasteiger charge is 2.24. The predicted molar refractivity (Wildman–Crippen MR) is 112 cm³/mol. The van der Waals surface area contributed by atoms with Gasteiger partial charge in [0.1, 0.15) is 28.9 Å². The van der Waals surface area contributed by atoms with Gasteiger partial charge in [0.15, 0.2) is 0 Å². The van der Waals surface area contributed by atoms with Crippen LogP contribution in [0.5, 0.6) is 0 Å². The van der Waals surface area contributed by atoms with Gasteiger partial charge in [-0.05, 0) is 50.3 Å². The van der Waals surface area contributed by atoms with Crippen molar-refractivity contribution in [2.45, 2.75) is 32.6 Å². The number of fused-ring (bicyclic) bond motifs is 2. The van der Waals surface area contributed by atoms with Crippen molar-refractivity contribution in [3.8, 4) is 6.07 Å². The lowest BCUT2D eigenvalue weighted by Crippen LogP contribution is -2.47. The lowest BCUT2D eigenvalue weighted by atomic mass is 9.95. The van der Waals surface area contributed by atoms with E-state index in [2.05, 4.69) is 44.9 Å². The number of hydrogen-bond acceptors (Lipinski definition) is 7. The Balaban J connectivity index is 1.39. The molecule has 1 saturated heterocycles. The van der Waals surface area contributed by atoms with Crippen LogP contribution in [-0.2, 0) is 12.8 Å². The molecule has 1 aliphatic carbocycles. The van der Waals surface area contributed by atoms with Gasteiger partial charge in [-0.2, -0.15) is 5.26 Å². The molecule has 0 spiro atoms. The first-order valence-corrected chi connectivity index (χ1v) is 10.7. The maximum atomic E-state index is 9.66. The number of hydrogen-bond donors (Lipinski definition) is 0. The van der Waals surface area contributed by atoms with Crippen molar-refractivity contribution in [2.75, 3.05) is 36.0 Å². The van der Waals surface area contributed by atoms with Crippen molar-refractivity contribution in [1.29, 1.82) is 5.26 Å². The summed E-state index contributed by atoms with van der Waals surface area (Å²) in [6, 6.07) is 6.63. The monoisotopic (exact) mass is 390 g/mol. The Morgan fingerprint density at radius 3 is 2.54 bits per heavy atom. The predicted octanol–water partition coefficient (Wildman–Crippen LogP) is 3.47. The van der Waals surface area contributed by atoms with Crippen LogP contribution >= 0.6 is 11.3 Å². The van der Waals surface area contributed by atoms with E-state index in [0.29, 0.717) is 5.56 Å². The van der Waals surface area contributed by atoms with Crippen LogP contribution in [0.4, 0.5) is 11.6 Å². The number of pyridine rings is 1.